The van der Waals surface area contributed by atoms with Gasteiger partial charge in [-0.1, -0.05) is 0 Å². The van der Waals surface area contributed by atoms with Crippen molar-refractivity contribution < 1.29 is 18.7 Å². The number of benzene rings is 2. The Kier molecular flexibility index (Phi) is 8.32. The zero-order valence-corrected chi connectivity index (χ0v) is 25.6. The standard InChI is InChI=1S/C24H38Cl2N2P2.Pd/c1-23(2,3)30(24(4,5)6,20-14-11-18(12-15-20)27(7)8)29(26)22-16-13-19(28(9)10)17-21(22)25;/h11-17,30H,1-10H3;/q;-1/p+1. The predicted octanol–water partition coefficient (Wildman–Crippen LogP) is 7.05. The Hall–Kier alpha value is 0.142. The Bertz CT molecular complexity index is 901. The second-order valence-electron chi connectivity index (χ2n) is 10.8. The van der Waals surface area contributed by atoms with Crippen LogP contribution in [0.3, 0.4) is 0 Å². The molecule has 0 bridgehead atoms. The maximum atomic E-state index is 7.85. The molecule has 0 radical (unpaired) electrons. The van der Waals surface area contributed by atoms with Crippen molar-refractivity contribution in [1.29, 1.82) is 0 Å². The van der Waals surface area contributed by atoms with Gasteiger partial charge in [0.25, 0.3) is 0 Å². The van der Waals surface area contributed by atoms with Gasteiger partial charge in [-0.3, -0.25) is 0 Å². The first-order valence-electron chi connectivity index (χ1n) is 10.6. The van der Waals surface area contributed by atoms with E-state index in [1.165, 1.54) is 11.0 Å². The number of anilines is 2. The third kappa shape index (κ3) is 4.85. The zero-order chi connectivity index (χ0) is 24.0. The van der Waals surface area contributed by atoms with Crippen molar-refractivity contribution in [2.75, 3.05) is 38.0 Å². The number of halogens is 2. The third-order valence-electron chi connectivity index (χ3n) is 6.31. The van der Waals surface area contributed by atoms with Crippen LogP contribution in [-0.4, -0.2) is 38.5 Å². The topological polar surface area (TPSA) is 6.48 Å². The second kappa shape index (κ2) is 9.42. The van der Waals surface area contributed by atoms with E-state index < -0.39 is 11.4 Å². The van der Waals surface area contributed by atoms with Gasteiger partial charge in [-0.05, 0) is 0 Å². The van der Waals surface area contributed by atoms with E-state index in [0.717, 1.165) is 16.0 Å². The van der Waals surface area contributed by atoms with Crippen molar-refractivity contribution in [3.8, 4) is 0 Å². The van der Waals surface area contributed by atoms with Crippen LogP contribution in [0.15, 0.2) is 42.5 Å². The number of nitrogens with zero attached hydrogens (tertiary/aromatic N) is 2. The number of hydrogen-bond acceptors (Lipinski definition) is 2. The van der Waals surface area contributed by atoms with E-state index in [9.17, 15) is 0 Å². The first kappa shape index (κ1) is 27.4. The molecule has 0 aromatic heterocycles. The molecule has 0 aliphatic rings. The summed E-state index contributed by atoms with van der Waals surface area (Å²) in [5.41, 5.74) is 2.28. The summed E-state index contributed by atoms with van der Waals surface area (Å²) in [6, 6.07) is 15.4. The van der Waals surface area contributed by atoms with Crippen LogP contribution in [0.25, 0.3) is 0 Å². The van der Waals surface area contributed by atoms with Crippen LogP contribution >= 0.6 is 34.3 Å². The molecule has 7 heteroatoms. The van der Waals surface area contributed by atoms with Crippen LogP contribution in [0.4, 0.5) is 11.4 Å². The molecule has 2 nitrogen and oxygen atoms in total. The first-order chi connectivity index (χ1) is 14.0. The summed E-state index contributed by atoms with van der Waals surface area (Å²) in [5, 5.41) is 3.25. The van der Waals surface area contributed by atoms with Gasteiger partial charge in [0.05, 0.1) is 0 Å². The van der Waals surface area contributed by atoms with E-state index in [2.05, 4.69) is 121 Å². The average molecular weight is 595 g/mol. The van der Waals surface area contributed by atoms with Gasteiger partial charge in [0.1, 0.15) is 0 Å². The van der Waals surface area contributed by atoms with Crippen LogP contribution in [0, 0.1) is 0 Å². The fourth-order valence-electron chi connectivity index (χ4n) is 5.29. The van der Waals surface area contributed by atoms with E-state index in [-0.39, 0.29) is 10.3 Å². The Morgan fingerprint density at radius 1 is 0.742 bits per heavy atom. The molecular weight excluding hydrogens is 556 g/mol. The molecule has 0 spiro atoms. The summed E-state index contributed by atoms with van der Waals surface area (Å²) in [6.45, 7) is 11.7. The summed E-state index contributed by atoms with van der Waals surface area (Å²) in [7, 11) is 8.21. The fraction of sp³-hybridized carbons (Fsp3) is 0.500. The Labute approximate surface area is 211 Å². The number of rotatable bonds is 5. The minimum atomic E-state index is -2.72. The SMILES string of the molecule is CN(C)c1ccc([PH](C(C)(C)C)(C(C)(C)C)[PH](Cl)([Pd])c2ccc(N(C)C)cc2Cl)cc1. The van der Waals surface area contributed by atoms with Gasteiger partial charge in [-0.2, -0.15) is 0 Å². The molecule has 0 atom stereocenters. The summed E-state index contributed by atoms with van der Waals surface area (Å²) >= 11 is 18.6. The molecule has 0 amide bonds. The molecule has 0 saturated heterocycles. The van der Waals surface area contributed by atoms with Crippen LogP contribution in [0.1, 0.15) is 41.5 Å². The monoisotopic (exact) mass is 593 g/mol. The van der Waals surface area contributed by atoms with E-state index in [0.29, 0.717) is 0 Å². The van der Waals surface area contributed by atoms with E-state index >= 15 is 0 Å². The quantitative estimate of drug-likeness (QED) is 0.270. The molecule has 0 heterocycles. The van der Waals surface area contributed by atoms with Gasteiger partial charge in [-0.15, -0.1) is 0 Å². The van der Waals surface area contributed by atoms with Crippen molar-refractivity contribution in [2.24, 2.45) is 0 Å². The summed E-state index contributed by atoms with van der Waals surface area (Å²) in [5.74, 6) is 0. The minimum absolute atomic E-state index is 0.00134. The summed E-state index contributed by atoms with van der Waals surface area (Å²) in [6.07, 6.45) is 0. The van der Waals surface area contributed by atoms with Gasteiger partial charge in [-0.25, -0.2) is 0 Å². The van der Waals surface area contributed by atoms with Crippen LogP contribution in [0.2, 0.25) is 5.02 Å². The molecule has 2 rings (SSSR count). The van der Waals surface area contributed by atoms with E-state index in [1.807, 2.05) is 20.2 Å². The summed E-state index contributed by atoms with van der Waals surface area (Å²) < 4.78 is -2.72. The van der Waals surface area contributed by atoms with Crippen molar-refractivity contribution in [2.45, 2.75) is 51.9 Å². The zero-order valence-electron chi connectivity index (χ0n) is 20.5. The van der Waals surface area contributed by atoms with Gasteiger partial charge in [0.2, 0.25) is 0 Å². The molecule has 31 heavy (non-hydrogen) atoms. The normalized spacial score (nSPS) is 14.4. The Balaban J connectivity index is 2.90. The second-order valence-corrected chi connectivity index (χ2v) is 31.8. The Morgan fingerprint density at radius 3 is 1.52 bits per heavy atom. The molecule has 0 unspecified atom stereocenters. The molecule has 0 aliphatic carbocycles. The van der Waals surface area contributed by atoms with Crippen molar-refractivity contribution in [1.82, 2.24) is 0 Å². The first-order valence-corrected chi connectivity index (χ1v) is 19.1. The predicted molar refractivity (Wildman–Crippen MR) is 148 cm³/mol. The van der Waals surface area contributed by atoms with Crippen molar-refractivity contribution >= 4 is 56.3 Å². The van der Waals surface area contributed by atoms with Gasteiger partial charge in [0, 0.05) is 0 Å². The third-order valence-corrected chi connectivity index (χ3v) is 33.0. The molecular formula is C24H39Cl2N2P2Pd. The van der Waals surface area contributed by atoms with Crippen LogP contribution in [0.5, 0.6) is 0 Å². The van der Waals surface area contributed by atoms with E-state index in [4.69, 9.17) is 22.8 Å². The van der Waals surface area contributed by atoms with E-state index in [1.54, 1.807) is 0 Å². The molecule has 2 aromatic rings. The molecule has 0 aliphatic heterocycles. The Morgan fingerprint density at radius 2 is 1.16 bits per heavy atom. The molecule has 0 fully saturated rings. The number of hydrogen-bond donors (Lipinski definition) is 0. The van der Waals surface area contributed by atoms with Gasteiger partial charge < -0.3 is 0 Å². The van der Waals surface area contributed by atoms with Gasteiger partial charge in [0.15, 0.2) is 0 Å². The maximum absolute atomic E-state index is 7.85. The summed E-state index contributed by atoms with van der Waals surface area (Å²) in [4.78, 5) is 4.21. The molecule has 0 N–H and O–H groups in total. The average Bonchev–Trinajstić information content (AvgIpc) is 2.59. The fourth-order valence-corrected chi connectivity index (χ4v) is 43.3. The molecule has 0 saturated carbocycles. The molecule has 179 valence electrons. The van der Waals surface area contributed by atoms with Crippen molar-refractivity contribution in [3.63, 3.8) is 0 Å². The van der Waals surface area contributed by atoms with Crippen molar-refractivity contribution in [3.05, 3.63) is 47.5 Å². The van der Waals surface area contributed by atoms with Crippen LogP contribution in [-0.2, 0) is 18.7 Å². The van der Waals surface area contributed by atoms with Gasteiger partial charge >= 0.3 is 212 Å². The van der Waals surface area contributed by atoms with Crippen LogP contribution < -0.4 is 20.4 Å². The molecule has 2 aromatic carbocycles.